The number of hydrogen-bond acceptors (Lipinski definition) is 4. The Labute approximate surface area is 187 Å². The quantitative estimate of drug-likeness (QED) is 0.283. The summed E-state index contributed by atoms with van der Waals surface area (Å²) in [5, 5.41) is 7.72. The molecular weight excluding hydrogens is 516 g/mol. The number of aromatic nitrogens is 3. The van der Waals surface area contributed by atoms with Crippen molar-refractivity contribution in [2.45, 2.75) is 33.0 Å². The van der Waals surface area contributed by atoms with E-state index in [9.17, 15) is 13.2 Å². The second-order valence-corrected chi connectivity index (χ2v) is 7.07. The number of hydrogen-bond donors (Lipinski definition) is 2. The number of imidazole rings is 1. The fourth-order valence-electron chi connectivity index (χ4n) is 2.62. The van der Waals surface area contributed by atoms with Gasteiger partial charge < -0.3 is 15.0 Å². The summed E-state index contributed by atoms with van der Waals surface area (Å²) in [6, 6.07) is 5.90. The summed E-state index contributed by atoms with van der Waals surface area (Å²) in [6.45, 7) is 5.45. The molecule has 0 radical (unpaired) electrons. The van der Waals surface area contributed by atoms with Crippen LogP contribution in [0.3, 0.4) is 0 Å². The molecule has 0 bridgehead atoms. The Balaban J connectivity index is 0.00000300. The number of guanidine groups is 1. The summed E-state index contributed by atoms with van der Waals surface area (Å²) in [6.07, 6.45) is -2.06. The van der Waals surface area contributed by atoms with Crippen molar-refractivity contribution in [2.24, 2.45) is 4.99 Å². The molecule has 0 aliphatic heterocycles. The SMILES string of the molecule is CCNC(=NCc1cn2c(C)cccc2n1)NCCc1nc(C(F)(F)F)cs1.I. The van der Waals surface area contributed by atoms with Crippen LogP contribution in [-0.2, 0) is 19.1 Å². The molecule has 0 saturated heterocycles. The number of thiazole rings is 1. The van der Waals surface area contributed by atoms with Crippen molar-refractivity contribution in [3.05, 3.63) is 51.9 Å². The molecule has 6 nitrogen and oxygen atoms in total. The number of aliphatic imine (C=N–C) groups is 1. The first-order chi connectivity index (χ1) is 13.4. The molecule has 11 heteroatoms. The molecule has 0 aromatic carbocycles. The summed E-state index contributed by atoms with van der Waals surface area (Å²) in [4.78, 5) is 12.7. The monoisotopic (exact) mass is 538 g/mol. The molecule has 0 spiro atoms. The molecule has 0 unspecified atom stereocenters. The van der Waals surface area contributed by atoms with Crippen LogP contribution in [0.15, 0.2) is 34.8 Å². The number of aryl methyl sites for hydroxylation is 1. The molecule has 0 aliphatic carbocycles. The van der Waals surface area contributed by atoms with E-state index in [-0.39, 0.29) is 24.0 Å². The molecule has 0 atom stereocenters. The third kappa shape index (κ3) is 6.29. The fourth-order valence-corrected chi connectivity index (χ4v) is 3.43. The van der Waals surface area contributed by atoms with E-state index in [4.69, 9.17) is 0 Å². The number of nitrogens with one attached hydrogen (secondary N) is 2. The summed E-state index contributed by atoms with van der Waals surface area (Å²) in [7, 11) is 0. The molecule has 3 aromatic rings. The van der Waals surface area contributed by atoms with Gasteiger partial charge in [0.25, 0.3) is 0 Å². The van der Waals surface area contributed by atoms with Crippen LogP contribution in [0.4, 0.5) is 13.2 Å². The van der Waals surface area contributed by atoms with Gasteiger partial charge in [-0.05, 0) is 26.0 Å². The highest BCUT2D eigenvalue weighted by Gasteiger charge is 2.33. The number of fused-ring (bicyclic) bond motifs is 1. The lowest BCUT2D eigenvalue weighted by Crippen LogP contribution is -2.38. The zero-order valence-electron chi connectivity index (χ0n) is 16.0. The van der Waals surface area contributed by atoms with E-state index in [1.165, 1.54) is 0 Å². The molecule has 0 aliphatic rings. The standard InChI is InChI=1S/C18H21F3N6S.HI/c1-3-22-17(23-8-7-16-26-14(11-28-16)18(19,20)21)24-9-13-10-27-12(2)5-4-6-15(27)25-13;/h4-6,10-11H,3,7-9H2,1-2H3,(H2,22,23,24);1H. The zero-order chi connectivity index (χ0) is 20.1. The highest BCUT2D eigenvalue weighted by Crippen LogP contribution is 2.29. The van der Waals surface area contributed by atoms with E-state index >= 15 is 0 Å². The van der Waals surface area contributed by atoms with Crippen LogP contribution < -0.4 is 10.6 Å². The van der Waals surface area contributed by atoms with Crippen molar-refractivity contribution < 1.29 is 13.2 Å². The van der Waals surface area contributed by atoms with Crippen LogP contribution in [0.2, 0.25) is 0 Å². The smallest absolute Gasteiger partial charge is 0.357 e. The topological polar surface area (TPSA) is 66.6 Å². The Morgan fingerprint density at radius 3 is 2.69 bits per heavy atom. The maximum atomic E-state index is 12.6. The summed E-state index contributed by atoms with van der Waals surface area (Å²) >= 11 is 1.01. The number of alkyl halides is 3. The number of pyridine rings is 1. The van der Waals surface area contributed by atoms with Crippen LogP contribution in [0.1, 0.15) is 29.0 Å². The average Bonchev–Trinajstić information content (AvgIpc) is 3.27. The van der Waals surface area contributed by atoms with Crippen molar-refractivity contribution in [2.75, 3.05) is 13.1 Å². The fraction of sp³-hybridized carbons (Fsp3) is 0.389. The van der Waals surface area contributed by atoms with Gasteiger partial charge in [0.05, 0.1) is 17.2 Å². The summed E-state index contributed by atoms with van der Waals surface area (Å²) in [5.74, 6) is 0.587. The van der Waals surface area contributed by atoms with Crippen molar-refractivity contribution in [1.82, 2.24) is 25.0 Å². The zero-order valence-corrected chi connectivity index (χ0v) is 19.1. The van der Waals surface area contributed by atoms with Gasteiger partial charge in [0, 0.05) is 36.8 Å². The number of nitrogens with zero attached hydrogens (tertiary/aromatic N) is 4. The van der Waals surface area contributed by atoms with Crippen molar-refractivity contribution >= 4 is 46.9 Å². The first kappa shape index (κ1) is 23.4. The van der Waals surface area contributed by atoms with Crippen LogP contribution in [0.25, 0.3) is 5.65 Å². The second kappa shape index (κ2) is 10.2. The molecule has 2 N–H and O–H groups in total. The highest BCUT2D eigenvalue weighted by atomic mass is 127. The van der Waals surface area contributed by atoms with Gasteiger partial charge in [-0.2, -0.15) is 13.2 Å². The van der Waals surface area contributed by atoms with Gasteiger partial charge in [0.1, 0.15) is 5.65 Å². The highest BCUT2D eigenvalue weighted by molar-refractivity contribution is 14.0. The molecule has 0 amide bonds. The Morgan fingerprint density at radius 2 is 2.03 bits per heavy atom. The van der Waals surface area contributed by atoms with E-state index in [1.54, 1.807) is 0 Å². The van der Waals surface area contributed by atoms with E-state index < -0.39 is 11.9 Å². The van der Waals surface area contributed by atoms with Gasteiger partial charge in [-0.3, -0.25) is 0 Å². The Morgan fingerprint density at radius 1 is 1.24 bits per heavy atom. The van der Waals surface area contributed by atoms with E-state index in [0.717, 1.165) is 33.8 Å². The first-order valence-corrected chi connectivity index (χ1v) is 9.72. The van der Waals surface area contributed by atoms with Crippen LogP contribution >= 0.6 is 35.3 Å². The van der Waals surface area contributed by atoms with E-state index in [0.29, 0.717) is 37.0 Å². The lowest BCUT2D eigenvalue weighted by Gasteiger charge is -2.10. The minimum absolute atomic E-state index is 0. The lowest BCUT2D eigenvalue weighted by molar-refractivity contribution is -0.140. The first-order valence-electron chi connectivity index (χ1n) is 8.84. The average molecular weight is 538 g/mol. The molecule has 158 valence electrons. The van der Waals surface area contributed by atoms with Gasteiger partial charge in [-0.15, -0.1) is 35.3 Å². The van der Waals surface area contributed by atoms with Gasteiger partial charge in [-0.25, -0.2) is 15.0 Å². The molecule has 3 heterocycles. The maximum absolute atomic E-state index is 12.6. The minimum atomic E-state index is -4.40. The van der Waals surface area contributed by atoms with Gasteiger partial charge in [0.15, 0.2) is 11.7 Å². The number of rotatable bonds is 6. The molecule has 0 fully saturated rings. The predicted octanol–water partition coefficient (Wildman–Crippen LogP) is 4.03. The van der Waals surface area contributed by atoms with Crippen molar-refractivity contribution in [3.8, 4) is 0 Å². The molecule has 0 saturated carbocycles. The van der Waals surface area contributed by atoms with Gasteiger partial charge >= 0.3 is 6.18 Å². The molecule has 3 rings (SSSR count). The normalized spacial score (nSPS) is 12.1. The van der Waals surface area contributed by atoms with Crippen molar-refractivity contribution in [3.63, 3.8) is 0 Å². The van der Waals surface area contributed by atoms with Crippen LogP contribution in [0.5, 0.6) is 0 Å². The van der Waals surface area contributed by atoms with E-state index in [2.05, 4.69) is 25.6 Å². The van der Waals surface area contributed by atoms with Crippen LogP contribution in [0, 0.1) is 6.92 Å². The maximum Gasteiger partial charge on any atom is 0.434 e. The molecule has 3 aromatic heterocycles. The lowest BCUT2D eigenvalue weighted by atomic mass is 10.4. The predicted molar refractivity (Wildman–Crippen MR) is 119 cm³/mol. The molecule has 29 heavy (non-hydrogen) atoms. The van der Waals surface area contributed by atoms with Gasteiger partial charge in [0.2, 0.25) is 0 Å². The Hall–Kier alpha value is -1.89. The second-order valence-electron chi connectivity index (χ2n) is 6.12. The summed E-state index contributed by atoms with van der Waals surface area (Å²) < 4.78 is 39.8. The third-order valence-corrected chi connectivity index (χ3v) is 4.87. The minimum Gasteiger partial charge on any atom is -0.357 e. The number of halogens is 4. The van der Waals surface area contributed by atoms with Crippen LogP contribution in [-0.4, -0.2) is 33.4 Å². The Bertz CT molecular complexity index is 966. The molecular formula is C18H22F3IN6S. The van der Waals surface area contributed by atoms with Gasteiger partial charge in [-0.1, -0.05) is 6.07 Å². The summed E-state index contributed by atoms with van der Waals surface area (Å²) in [5.41, 5.74) is 1.95. The third-order valence-electron chi connectivity index (χ3n) is 3.96. The van der Waals surface area contributed by atoms with E-state index in [1.807, 2.05) is 42.6 Å². The Kier molecular flexibility index (Phi) is 8.25. The largest absolute Gasteiger partial charge is 0.434 e. The van der Waals surface area contributed by atoms with Crippen molar-refractivity contribution in [1.29, 1.82) is 0 Å².